The first-order valence-corrected chi connectivity index (χ1v) is 9.77. The van der Waals surface area contributed by atoms with Crippen LogP contribution < -0.4 is 14.9 Å². The van der Waals surface area contributed by atoms with Gasteiger partial charge >= 0.3 is 5.97 Å². The van der Waals surface area contributed by atoms with Crippen LogP contribution in [0.2, 0.25) is 0 Å². The Kier molecular flexibility index (Phi) is 8.46. The monoisotopic (exact) mass is 512 g/mol. The van der Waals surface area contributed by atoms with Gasteiger partial charge in [0.05, 0.1) is 23.7 Å². The molecule has 0 fully saturated rings. The molecule has 0 heterocycles. The molecule has 0 saturated heterocycles. The summed E-state index contributed by atoms with van der Waals surface area (Å²) in [6.07, 6.45) is 0.0930. The summed E-state index contributed by atoms with van der Waals surface area (Å²) < 4.78 is 12.2. The number of hydrogen-bond donors (Lipinski definition) is 2. The van der Waals surface area contributed by atoms with Gasteiger partial charge in [-0.25, -0.2) is 5.43 Å². The van der Waals surface area contributed by atoms with Crippen LogP contribution in [0.25, 0.3) is 0 Å². The summed E-state index contributed by atoms with van der Waals surface area (Å²) in [7, 11) is 1.50. The quantitative estimate of drug-likeness (QED) is 0.390. The number of methoxy groups -OCH3 is 1. The molecule has 0 aliphatic carbocycles. The molecule has 0 bridgehead atoms. The number of nitrogens with zero attached hydrogens (tertiary/aromatic N) is 1. The molecule has 0 radical (unpaired) electrons. The molecule has 7 nitrogen and oxygen atoms in total. The van der Waals surface area contributed by atoms with Crippen LogP contribution in [0.5, 0.6) is 11.5 Å². The van der Waals surface area contributed by atoms with E-state index in [-0.39, 0.29) is 19.4 Å². The number of rotatable bonds is 9. The molecule has 2 aromatic carbocycles. The molecular formula is C19H18Br2N2O5. The summed E-state index contributed by atoms with van der Waals surface area (Å²) in [6, 6.07) is 12.6. The second-order valence-corrected chi connectivity index (χ2v) is 7.33. The zero-order valence-electron chi connectivity index (χ0n) is 14.9. The number of benzene rings is 2. The van der Waals surface area contributed by atoms with Gasteiger partial charge in [-0.05, 0) is 33.6 Å². The summed E-state index contributed by atoms with van der Waals surface area (Å²) >= 11 is 6.72. The van der Waals surface area contributed by atoms with Gasteiger partial charge in [-0.1, -0.05) is 46.3 Å². The molecule has 9 heteroatoms. The lowest BCUT2D eigenvalue weighted by atomic mass is 10.1. The average molecular weight is 514 g/mol. The Labute approximate surface area is 179 Å². The van der Waals surface area contributed by atoms with Crippen molar-refractivity contribution in [3.05, 3.63) is 57.0 Å². The molecule has 28 heavy (non-hydrogen) atoms. The third-order valence-corrected chi connectivity index (χ3v) is 4.59. The number of halogens is 2. The Morgan fingerprint density at radius 1 is 1.14 bits per heavy atom. The second-order valence-electron chi connectivity index (χ2n) is 5.56. The van der Waals surface area contributed by atoms with Crippen molar-refractivity contribution in [3.63, 3.8) is 0 Å². The van der Waals surface area contributed by atoms with E-state index in [0.29, 0.717) is 21.7 Å². The van der Waals surface area contributed by atoms with Crippen LogP contribution in [0.15, 0.2) is 56.5 Å². The van der Waals surface area contributed by atoms with E-state index in [9.17, 15) is 9.59 Å². The highest BCUT2D eigenvalue weighted by molar-refractivity contribution is 9.11. The molecule has 0 aliphatic rings. The molecular weight excluding hydrogens is 496 g/mol. The van der Waals surface area contributed by atoms with Crippen molar-refractivity contribution in [2.75, 3.05) is 13.7 Å². The van der Waals surface area contributed by atoms with Crippen LogP contribution in [-0.2, 0) is 9.59 Å². The molecule has 0 aliphatic heterocycles. The number of ether oxygens (including phenoxy) is 2. The van der Waals surface area contributed by atoms with E-state index >= 15 is 0 Å². The fourth-order valence-corrected chi connectivity index (χ4v) is 3.55. The smallest absolute Gasteiger partial charge is 0.303 e. The fraction of sp³-hybridized carbons (Fsp3) is 0.211. The zero-order chi connectivity index (χ0) is 20.5. The van der Waals surface area contributed by atoms with Crippen molar-refractivity contribution < 1.29 is 24.2 Å². The van der Waals surface area contributed by atoms with Crippen LogP contribution in [0.1, 0.15) is 18.4 Å². The van der Waals surface area contributed by atoms with Crippen LogP contribution in [-0.4, -0.2) is 36.4 Å². The number of nitrogens with one attached hydrogen (secondary N) is 1. The molecule has 0 unspecified atom stereocenters. The summed E-state index contributed by atoms with van der Waals surface area (Å²) in [5.41, 5.74) is 3.62. The summed E-state index contributed by atoms with van der Waals surface area (Å²) in [5, 5.41) is 13.0. The average Bonchev–Trinajstić information content (AvgIpc) is 2.67. The van der Waals surface area contributed by atoms with E-state index in [1.165, 1.54) is 7.11 Å². The van der Waals surface area contributed by atoms with Crippen molar-refractivity contribution in [2.24, 2.45) is 5.10 Å². The highest BCUT2D eigenvalue weighted by atomic mass is 79.9. The Balaban J connectivity index is 2.05. The maximum absolute atomic E-state index is 12.1. The molecule has 0 atom stereocenters. The van der Waals surface area contributed by atoms with Gasteiger partial charge in [0.25, 0.3) is 5.91 Å². The standard InChI is InChI=1S/C19H18Br2N2O5/c1-27-16-10-13(20)9-14(21)19(16)28-11-17(24)23-22-15(7-8-18(25)26)12-5-3-2-4-6-12/h2-6,9-10H,7-8,11H2,1H3,(H,23,24)(H,25,26). The zero-order valence-corrected chi connectivity index (χ0v) is 18.1. The summed E-state index contributed by atoms with van der Waals surface area (Å²) in [5.74, 6) is -0.575. The Morgan fingerprint density at radius 2 is 1.86 bits per heavy atom. The number of hydrogen-bond acceptors (Lipinski definition) is 5. The number of carboxylic acids is 1. The first-order valence-electron chi connectivity index (χ1n) is 8.19. The largest absolute Gasteiger partial charge is 0.493 e. The number of carboxylic acid groups (broad SMARTS) is 1. The number of carbonyl (C=O) groups excluding carboxylic acids is 1. The van der Waals surface area contributed by atoms with Crippen molar-refractivity contribution >= 4 is 49.4 Å². The maximum atomic E-state index is 12.1. The first kappa shape index (κ1) is 21.9. The number of hydrazone groups is 1. The molecule has 1 amide bonds. The molecule has 0 saturated carbocycles. The van der Waals surface area contributed by atoms with E-state index in [1.807, 2.05) is 18.2 Å². The Hall–Kier alpha value is -2.39. The lowest BCUT2D eigenvalue weighted by Crippen LogP contribution is -2.26. The molecule has 0 spiro atoms. The van der Waals surface area contributed by atoms with Crippen LogP contribution >= 0.6 is 31.9 Å². The topological polar surface area (TPSA) is 97.2 Å². The van der Waals surface area contributed by atoms with Crippen LogP contribution in [0, 0.1) is 0 Å². The third-order valence-electron chi connectivity index (χ3n) is 3.54. The highest BCUT2D eigenvalue weighted by Crippen LogP contribution is 2.38. The van der Waals surface area contributed by atoms with Gasteiger partial charge < -0.3 is 14.6 Å². The van der Waals surface area contributed by atoms with Crippen molar-refractivity contribution in [1.82, 2.24) is 5.43 Å². The summed E-state index contributed by atoms with van der Waals surface area (Å²) in [4.78, 5) is 23.0. The molecule has 148 valence electrons. The van der Waals surface area contributed by atoms with E-state index in [1.54, 1.807) is 24.3 Å². The van der Waals surface area contributed by atoms with Gasteiger partial charge in [0, 0.05) is 10.9 Å². The molecule has 2 aromatic rings. The van der Waals surface area contributed by atoms with Crippen LogP contribution in [0.4, 0.5) is 0 Å². The van der Waals surface area contributed by atoms with E-state index in [0.717, 1.165) is 10.0 Å². The lowest BCUT2D eigenvalue weighted by Gasteiger charge is -2.12. The van der Waals surface area contributed by atoms with E-state index < -0.39 is 11.9 Å². The normalized spacial score (nSPS) is 11.0. The van der Waals surface area contributed by atoms with Gasteiger partial charge in [-0.3, -0.25) is 9.59 Å². The van der Waals surface area contributed by atoms with E-state index in [4.69, 9.17) is 14.6 Å². The minimum Gasteiger partial charge on any atom is -0.493 e. The van der Waals surface area contributed by atoms with Gasteiger partial charge in [-0.15, -0.1) is 0 Å². The highest BCUT2D eigenvalue weighted by Gasteiger charge is 2.13. The number of aliphatic carboxylic acids is 1. The molecule has 2 rings (SSSR count). The number of amides is 1. The lowest BCUT2D eigenvalue weighted by molar-refractivity contribution is -0.136. The van der Waals surface area contributed by atoms with Crippen molar-refractivity contribution in [2.45, 2.75) is 12.8 Å². The number of carbonyl (C=O) groups is 2. The predicted octanol–water partition coefficient (Wildman–Crippen LogP) is 3.98. The van der Waals surface area contributed by atoms with Crippen LogP contribution in [0.3, 0.4) is 0 Å². The van der Waals surface area contributed by atoms with Gasteiger partial charge in [-0.2, -0.15) is 5.10 Å². The minimum absolute atomic E-state index is 0.0941. The van der Waals surface area contributed by atoms with Gasteiger partial charge in [0.1, 0.15) is 0 Å². The summed E-state index contributed by atoms with van der Waals surface area (Å²) in [6.45, 7) is -0.291. The SMILES string of the molecule is COc1cc(Br)cc(Br)c1OCC(=O)NN=C(CCC(=O)O)c1ccccc1. The van der Waals surface area contributed by atoms with Crippen molar-refractivity contribution in [3.8, 4) is 11.5 Å². The predicted molar refractivity (Wildman–Crippen MR) is 112 cm³/mol. The van der Waals surface area contributed by atoms with E-state index in [2.05, 4.69) is 42.4 Å². The minimum atomic E-state index is -0.939. The first-order chi connectivity index (χ1) is 13.4. The second kappa shape index (κ2) is 10.8. The van der Waals surface area contributed by atoms with Crippen molar-refractivity contribution in [1.29, 1.82) is 0 Å². The third kappa shape index (κ3) is 6.65. The molecule has 0 aromatic heterocycles. The van der Waals surface area contributed by atoms with Gasteiger partial charge in [0.15, 0.2) is 18.1 Å². The van der Waals surface area contributed by atoms with Gasteiger partial charge in [0.2, 0.25) is 0 Å². The molecule has 2 N–H and O–H groups in total. The Morgan fingerprint density at radius 3 is 2.50 bits per heavy atom. The maximum Gasteiger partial charge on any atom is 0.303 e. The fourth-order valence-electron chi connectivity index (χ4n) is 2.25. The Bertz CT molecular complexity index is 872.